The summed E-state index contributed by atoms with van der Waals surface area (Å²) in [7, 11) is 0. The average molecular weight is 225 g/mol. The zero-order valence-electron chi connectivity index (χ0n) is 9.91. The van der Waals surface area contributed by atoms with Gasteiger partial charge in [0.2, 0.25) is 0 Å². The number of benzene rings is 1. The van der Waals surface area contributed by atoms with Crippen molar-refractivity contribution in [3.63, 3.8) is 0 Å². The van der Waals surface area contributed by atoms with Crippen LogP contribution in [0.15, 0.2) is 24.3 Å². The van der Waals surface area contributed by atoms with E-state index in [9.17, 15) is 9.50 Å². The monoisotopic (exact) mass is 225 g/mol. The van der Waals surface area contributed by atoms with Crippen LogP contribution in [0.2, 0.25) is 0 Å². The van der Waals surface area contributed by atoms with Crippen molar-refractivity contribution in [2.24, 2.45) is 5.92 Å². The van der Waals surface area contributed by atoms with Gasteiger partial charge in [-0.3, -0.25) is 0 Å². The van der Waals surface area contributed by atoms with Gasteiger partial charge in [0.15, 0.2) is 0 Å². The third-order valence-electron chi connectivity index (χ3n) is 2.84. The molecule has 0 fully saturated rings. The Labute approximate surface area is 96.5 Å². The Bertz CT molecular complexity index is 317. The summed E-state index contributed by atoms with van der Waals surface area (Å²) < 4.78 is 13.4. The fourth-order valence-corrected chi connectivity index (χ4v) is 1.80. The smallest absolute Gasteiger partial charge is 0.146 e. The fraction of sp³-hybridized carbons (Fsp3) is 0.538. The molecule has 2 atom stereocenters. The van der Waals surface area contributed by atoms with Crippen molar-refractivity contribution in [2.75, 3.05) is 11.9 Å². The molecule has 1 aromatic carbocycles. The van der Waals surface area contributed by atoms with Gasteiger partial charge in [0, 0.05) is 0 Å². The third kappa shape index (κ3) is 3.49. The minimum Gasteiger partial charge on any atom is -0.394 e. The predicted octanol–water partition coefficient (Wildman–Crippen LogP) is 3.03. The number of rotatable bonds is 6. The lowest BCUT2D eigenvalue weighted by atomic mass is 9.97. The molecule has 0 saturated heterocycles. The van der Waals surface area contributed by atoms with E-state index in [0.29, 0.717) is 11.6 Å². The Balaban J connectivity index is 2.66. The standard InChI is InChI=1S/C13H20FNO/c1-3-6-10(2)13(9-16)15-12-8-5-4-7-11(12)14/h4-5,7-8,10,13,15-16H,3,6,9H2,1-2H3. The molecule has 0 aliphatic rings. The minimum absolute atomic E-state index is 0.0233. The Morgan fingerprint density at radius 1 is 1.38 bits per heavy atom. The van der Waals surface area contributed by atoms with Crippen LogP contribution in [-0.2, 0) is 0 Å². The van der Waals surface area contributed by atoms with Gasteiger partial charge >= 0.3 is 0 Å². The highest BCUT2D eigenvalue weighted by atomic mass is 19.1. The van der Waals surface area contributed by atoms with Gasteiger partial charge in [-0.25, -0.2) is 4.39 Å². The largest absolute Gasteiger partial charge is 0.394 e. The zero-order chi connectivity index (χ0) is 12.0. The highest BCUT2D eigenvalue weighted by Crippen LogP contribution is 2.18. The second-order valence-electron chi connectivity index (χ2n) is 4.18. The Kier molecular flexibility index (Phi) is 5.26. The van der Waals surface area contributed by atoms with Crippen molar-refractivity contribution in [1.29, 1.82) is 0 Å². The highest BCUT2D eigenvalue weighted by Gasteiger charge is 2.16. The summed E-state index contributed by atoms with van der Waals surface area (Å²) in [4.78, 5) is 0. The first-order valence-corrected chi connectivity index (χ1v) is 5.81. The van der Waals surface area contributed by atoms with E-state index in [4.69, 9.17) is 0 Å². The first kappa shape index (κ1) is 13.0. The molecule has 0 aromatic heterocycles. The normalized spacial score (nSPS) is 14.5. The SMILES string of the molecule is CCCC(C)C(CO)Nc1ccccc1F. The maximum absolute atomic E-state index is 13.4. The first-order valence-electron chi connectivity index (χ1n) is 5.81. The minimum atomic E-state index is -0.273. The van der Waals surface area contributed by atoms with E-state index in [1.807, 2.05) is 0 Å². The van der Waals surface area contributed by atoms with Gasteiger partial charge < -0.3 is 10.4 Å². The van der Waals surface area contributed by atoms with Crippen molar-refractivity contribution in [1.82, 2.24) is 0 Å². The van der Waals surface area contributed by atoms with Crippen LogP contribution in [0, 0.1) is 11.7 Å². The Morgan fingerprint density at radius 3 is 2.62 bits per heavy atom. The van der Waals surface area contributed by atoms with Gasteiger partial charge in [-0.05, 0) is 24.5 Å². The van der Waals surface area contributed by atoms with E-state index in [2.05, 4.69) is 19.2 Å². The second kappa shape index (κ2) is 6.48. The van der Waals surface area contributed by atoms with Gasteiger partial charge in [-0.2, -0.15) is 0 Å². The maximum Gasteiger partial charge on any atom is 0.146 e. The molecular weight excluding hydrogens is 205 g/mol. The van der Waals surface area contributed by atoms with E-state index >= 15 is 0 Å². The van der Waals surface area contributed by atoms with Crippen LogP contribution in [-0.4, -0.2) is 17.8 Å². The van der Waals surface area contributed by atoms with Crippen LogP contribution in [0.3, 0.4) is 0 Å². The van der Waals surface area contributed by atoms with Crippen LogP contribution >= 0.6 is 0 Å². The van der Waals surface area contributed by atoms with Gasteiger partial charge in [0.05, 0.1) is 18.3 Å². The molecule has 0 aliphatic heterocycles. The third-order valence-corrected chi connectivity index (χ3v) is 2.84. The van der Waals surface area contributed by atoms with Crippen LogP contribution in [0.5, 0.6) is 0 Å². The van der Waals surface area contributed by atoms with Crippen LogP contribution in [0.1, 0.15) is 26.7 Å². The molecule has 2 unspecified atom stereocenters. The number of para-hydroxylation sites is 1. The molecule has 16 heavy (non-hydrogen) atoms. The number of nitrogens with one attached hydrogen (secondary N) is 1. The molecular formula is C13H20FNO. The molecule has 1 aromatic rings. The molecule has 0 aliphatic carbocycles. The summed E-state index contributed by atoms with van der Waals surface area (Å²) in [5, 5.41) is 12.3. The van der Waals surface area contributed by atoms with Crippen molar-refractivity contribution in [3.05, 3.63) is 30.1 Å². The number of aliphatic hydroxyl groups excluding tert-OH is 1. The molecule has 3 heteroatoms. The zero-order valence-corrected chi connectivity index (χ0v) is 9.91. The van der Waals surface area contributed by atoms with E-state index in [0.717, 1.165) is 12.8 Å². The topological polar surface area (TPSA) is 32.3 Å². The molecule has 0 heterocycles. The van der Waals surface area contributed by atoms with Crippen LogP contribution in [0.4, 0.5) is 10.1 Å². The number of halogens is 1. The van der Waals surface area contributed by atoms with E-state index < -0.39 is 0 Å². The lowest BCUT2D eigenvalue weighted by Gasteiger charge is -2.24. The summed E-state index contributed by atoms with van der Waals surface area (Å²) in [6.45, 7) is 4.20. The molecule has 2 nitrogen and oxygen atoms in total. The second-order valence-corrected chi connectivity index (χ2v) is 4.18. The quantitative estimate of drug-likeness (QED) is 0.780. The molecule has 2 N–H and O–H groups in total. The molecule has 0 spiro atoms. The summed E-state index contributed by atoms with van der Waals surface area (Å²) in [5.74, 6) is 0.0549. The summed E-state index contributed by atoms with van der Waals surface area (Å²) in [6, 6.07) is 6.46. The summed E-state index contributed by atoms with van der Waals surface area (Å²) in [6.07, 6.45) is 2.09. The summed E-state index contributed by atoms with van der Waals surface area (Å²) >= 11 is 0. The van der Waals surface area contributed by atoms with Crippen LogP contribution < -0.4 is 5.32 Å². The molecule has 0 amide bonds. The molecule has 90 valence electrons. The van der Waals surface area contributed by atoms with Crippen molar-refractivity contribution >= 4 is 5.69 Å². The van der Waals surface area contributed by atoms with Crippen molar-refractivity contribution in [2.45, 2.75) is 32.7 Å². The van der Waals surface area contributed by atoms with Gasteiger partial charge in [-0.15, -0.1) is 0 Å². The number of aliphatic hydroxyl groups is 1. The lowest BCUT2D eigenvalue weighted by molar-refractivity contribution is 0.238. The lowest BCUT2D eigenvalue weighted by Crippen LogP contribution is -2.31. The van der Waals surface area contributed by atoms with E-state index in [-0.39, 0.29) is 18.5 Å². The maximum atomic E-state index is 13.4. The number of hydrogen-bond donors (Lipinski definition) is 2. The Morgan fingerprint density at radius 2 is 2.06 bits per heavy atom. The molecule has 1 rings (SSSR count). The first-order chi connectivity index (χ1) is 7.69. The van der Waals surface area contributed by atoms with E-state index in [1.165, 1.54) is 6.07 Å². The van der Waals surface area contributed by atoms with Gasteiger partial charge in [0.1, 0.15) is 5.82 Å². The molecule has 0 saturated carbocycles. The van der Waals surface area contributed by atoms with Crippen molar-refractivity contribution in [3.8, 4) is 0 Å². The van der Waals surface area contributed by atoms with Crippen LogP contribution in [0.25, 0.3) is 0 Å². The number of anilines is 1. The van der Waals surface area contributed by atoms with E-state index in [1.54, 1.807) is 18.2 Å². The predicted molar refractivity (Wildman–Crippen MR) is 65.0 cm³/mol. The average Bonchev–Trinajstić information content (AvgIpc) is 2.28. The number of hydrogen-bond acceptors (Lipinski definition) is 2. The molecule has 0 radical (unpaired) electrons. The van der Waals surface area contributed by atoms with Crippen molar-refractivity contribution < 1.29 is 9.50 Å². The van der Waals surface area contributed by atoms with Gasteiger partial charge in [0.25, 0.3) is 0 Å². The molecule has 0 bridgehead atoms. The Hall–Kier alpha value is -1.09. The van der Waals surface area contributed by atoms with Gasteiger partial charge in [-0.1, -0.05) is 32.4 Å². The highest BCUT2D eigenvalue weighted by molar-refractivity contribution is 5.45. The fourth-order valence-electron chi connectivity index (χ4n) is 1.80. The summed E-state index contributed by atoms with van der Waals surface area (Å²) in [5.41, 5.74) is 0.463.